The molecule has 0 spiro atoms. The van der Waals surface area contributed by atoms with Crippen LogP contribution in [-0.2, 0) is 17.8 Å². The number of benzene rings is 3. The summed E-state index contributed by atoms with van der Waals surface area (Å²) in [4.78, 5) is 14.4. The van der Waals surface area contributed by atoms with Crippen LogP contribution in [0.25, 0.3) is 16.8 Å². The van der Waals surface area contributed by atoms with Crippen molar-refractivity contribution in [2.24, 2.45) is 0 Å². The smallest absolute Gasteiger partial charge is 0.343 e. The predicted molar refractivity (Wildman–Crippen MR) is 149 cm³/mol. The van der Waals surface area contributed by atoms with Gasteiger partial charge < -0.3 is 19.3 Å². The first-order valence-corrected chi connectivity index (χ1v) is 13.3. The minimum atomic E-state index is -1.04. The summed E-state index contributed by atoms with van der Waals surface area (Å²) in [5.41, 5.74) is 4.39. The second-order valence-electron chi connectivity index (χ2n) is 9.32. The average Bonchev–Trinajstić information content (AvgIpc) is 3.36. The molecule has 0 radical (unpaired) electrons. The molecule has 1 aliphatic heterocycles. The van der Waals surface area contributed by atoms with Gasteiger partial charge >= 0.3 is 5.97 Å². The van der Waals surface area contributed by atoms with Crippen molar-refractivity contribution >= 4 is 5.97 Å². The van der Waals surface area contributed by atoms with Crippen molar-refractivity contribution in [1.29, 1.82) is 0 Å². The molecule has 5 rings (SSSR count). The zero-order valence-electron chi connectivity index (χ0n) is 22.1. The molecule has 202 valence electrons. The Morgan fingerprint density at radius 1 is 0.949 bits per heavy atom. The summed E-state index contributed by atoms with van der Waals surface area (Å²) >= 11 is 0. The van der Waals surface area contributed by atoms with Crippen molar-refractivity contribution in [1.82, 2.24) is 14.7 Å². The van der Waals surface area contributed by atoms with Gasteiger partial charge in [-0.15, -0.1) is 0 Å². The predicted octanol–water partition coefficient (Wildman–Crippen LogP) is 5.09. The molecule has 39 heavy (non-hydrogen) atoms. The lowest BCUT2D eigenvalue weighted by molar-refractivity contribution is 0.0317. The number of para-hydroxylation sites is 1. The summed E-state index contributed by atoms with van der Waals surface area (Å²) in [6.45, 7) is 6.50. The first-order chi connectivity index (χ1) is 19.1. The lowest BCUT2D eigenvalue weighted by Gasteiger charge is -2.26. The van der Waals surface area contributed by atoms with Crippen LogP contribution in [0.3, 0.4) is 0 Å². The topological polar surface area (TPSA) is 86.0 Å². The fourth-order valence-corrected chi connectivity index (χ4v) is 4.66. The van der Waals surface area contributed by atoms with Crippen LogP contribution in [0.5, 0.6) is 11.6 Å². The molecule has 0 saturated carbocycles. The Morgan fingerprint density at radius 3 is 2.38 bits per heavy atom. The fourth-order valence-electron chi connectivity index (χ4n) is 4.66. The van der Waals surface area contributed by atoms with Gasteiger partial charge in [0.2, 0.25) is 5.88 Å². The molecular formula is C31H33N3O5. The Morgan fingerprint density at radius 2 is 1.67 bits per heavy atom. The summed E-state index contributed by atoms with van der Waals surface area (Å²) in [6, 6.07) is 25.8. The van der Waals surface area contributed by atoms with Gasteiger partial charge in [-0.2, -0.15) is 5.10 Å². The van der Waals surface area contributed by atoms with Crippen LogP contribution in [0.1, 0.15) is 28.5 Å². The van der Waals surface area contributed by atoms with Gasteiger partial charge in [0.1, 0.15) is 24.5 Å². The Balaban J connectivity index is 1.38. The maximum atomic E-state index is 12.2. The van der Waals surface area contributed by atoms with Gasteiger partial charge in [0.15, 0.2) is 0 Å². The highest BCUT2D eigenvalue weighted by molar-refractivity contribution is 5.92. The Hall–Kier alpha value is -4.14. The molecule has 0 bridgehead atoms. The van der Waals surface area contributed by atoms with Crippen LogP contribution in [0, 0.1) is 0 Å². The first kappa shape index (κ1) is 26.5. The number of carbonyl (C=O) groups is 1. The number of rotatable bonds is 11. The van der Waals surface area contributed by atoms with E-state index in [9.17, 15) is 9.90 Å². The monoisotopic (exact) mass is 527 g/mol. The molecule has 1 N–H and O–H groups in total. The van der Waals surface area contributed by atoms with Crippen LogP contribution < -0.4 is 9.47 Å². The van der Waals surface area contributed by atoms with E-state index in [2.05, 4.69) is 10.00 Å². The molecule has 0 amide bonds. The van der Waals surface area contributed by atoms with Gasteiger partial charge in [-0.25, -0.2) is 9.48 Å². The number of hydrogen-bond donors (Lipinski definition) is 1. The van der Waals surface area contributed by atoms with E-state index in [1.165, 1.54) is 0 Å². The number of aromatic nitrogens is 2. The fraction of sp³-hybridized carbons (Fsp3) is 0.290. The van der Waals surface area contributed by atoms with Crippen molar-refractivity contribution in [3.63, 3.8) is 0 Å². The maximum absolute atomic E-state index is 12.2. The molecule has 0 aliphatic carbocycles. The number of nitrogens with zero attached hydrogens (tertiary/aromatic N) is 3. The second kappa shape index (κ2) is 12.6. The molecule has 1 aromatic heterocycles. The van der Waals surface area contributed by atoms with Gasteiger partial charge in [0.05, 0.1) is 24.6 Å². The molecule has 0 unspecified atom stereocenters. The summed E-state index contributed by atoms with van der Waals surface area (Å²) in [5.74, 6) is 0.00861. The van der Waals surface area contributed by atoms with Gasteiger partial charge in [-0.3, -0.25) is 4.90 Å². The number of aryl methyl sites for hydroxylation is 1. The third kappa shape index (κ3) is 6.30. The van der Waals surface area contributed by atoms with Crippen molar-refractivity contribution in [2.75, 3.05) is 39.5 Å². The van der Waals surface area contributed by atoms with Crippen molar-refractivity contribution in [3.05, 3.63) is 95.7 Å². The minimum absolute atomic E-state index is 0.114. The molecular weight excluding hydrogens is 494 g/mol. The lowest BCUT2D eigenvalue weighted by Crippen LogP contribution is -2.38. The summed E-state index contributed by atoms with van der Waals surface area (Å²) < 4.78 is 19.3. The zero-order chi connectivity index (χ0) is 27.0. The van der Waals surface area contributed by atoms with E-state index in [-0.39, 0.29) is 11.4 Å². The van der Waals surface area contributed by atoms with Gasteiger partial charge in [0.25, 0.3) is 0 Å². The van der Waals surface area contributed by atoms with Crippen molar-refractivity contribution in [3.8, 4) is 28.4 Å². The quantitative estimate of drug-likeness (QED) is 0.291. The maximum Gasteiger partial charge on any atom is 0.343 e. The molecule has 8 nitrogen and oxygen atoms in total. The lowest BCUT2D eigenvalue weighted by atomic mass is 10.0. The highest BCUT2D eigenvalue weighted by Crippen LogP contribution is 2.32. The third-order valence-electron chi connectivity index (χ3n) is 6.76. The normalized spacial score (nSPS) is 13.8. The zero-order valence-corrected chi connectivity index (χ0v) is 22.1. The van der Waals surface area contributed by atoms with Crippen LogP contribution in [0.2, 0.25) is 0 Å². The third-order valence-corrected chi connectivity index (χ3v) is 6.76. The van der Waals surface area contributed by atoms with Crippen LogP contribution in [0.4, 0.5) is 0 Å². The van der Waals surface area contributed by atoms with Crippen molar-refractivity contribution < 1.29 is 24.1 Å². The van der Waals surface area contributed by atoms with Gasteiger partial charge in [-0.05, 0) is 35.7 Å². The van der Waals surface area contributed by atoms with Gasteiger partial charge in [-0.1, -0.05) is 67.6 Å². The average molecular weight is 528 g/mol. The number of ether oxygens (including phenoxy) is 3. The minimum Gasteiger partial charge on any atom is -0.488 e. The van der Waals surface area contributed by atoms with E-state index in [1.807, 2.05) is 85.8 Å². The Kier molecular flexibility index (Phi) is 8.55. The molecule has 1 aliphatic rings. The SMILES string of the molecule is CCc1nn(-c2ccc(-c3ccccc3OCc3ccccc3)cc2)c(OCCN2CCOCC2)c1C(=O)O. The van der Waals surface area contributed by atoms with Crippen LogP contribution in [0.15, 0.2) is 78.9 Å². The van der Waals surface area contributed by atoms with E-state index >= 15 is 0 Å². The molecule has 3 aromatic carbocycles. The highest BCUT2D eigenvalue weighted by atomic mass is 16.5. The molecule has 0 atom stereocenters. The molecule has 1 saturated heterocycles. The van der Waals surface area contributed by atoms with Crippen molar-refractivity contribution in [2.45, 2.75) is 20.0 Å². The number of carboxylic acids is 1. The molecule has 8 heteroatoms. The van der Waals surface area contributed by atoms with Crippen LogP contribution in [-0.4, -0.2) is 65.2 Å². The Bertz CT molecular complexity index is 1380. The van der Waals surface area contributed by atoms with E-state index in [4.69, 9.17) is 14.2 Å². The molecule has 2 heterocycles. The second-order valence-corrected chi connectivity index (χ2v) is 9.32. The Labute approximate surface area is 228 Å². The number of carboxylic acid groups (broad SMARTS) is 1. The number of hydrogen-bond acceptors (Lipinski definition) is 6. The van der Waals surface area contributed by atoms with Gasteiger partial charge in [0, 0.05) is 25.2 Å². The summed E-state index contributed by atoms with van der Waals surface area (Å²) in [7, 11) is 0. The standard InChI is InChI=1S/C31H33N3O5/c1-2-27-29(31(35)36)30(38-21-18-33-16-19-37-20-17-33)34(32-27)25-14-12-24(13-15-25)26-10-6-7-11-28(26)39-22-23-8-4-3-5-9-23/h3-15H,2,16-22H2,1H3,(H,35,36). The first-order valence-electron chi connectivity index (χ1n) is 13.3. The summed E-state index contributed by atoms with van der Waals surface area (Å²) in [5, 5.41) is 14.6. The molecule has 1 fully saturated rings. The summed E-state index contributed by atoms with van der Waals surface area (Å²) in [6.07, 6.45) is 0.485. The highest BCUT2D eigenvalue weighted by Gasteiger charge is 2.25. The van der Waals surface area contributed by atoms with E-state index < -0.39 is 5.97 Å². The van der Waals surface area contributed by atoms with Crippen LogP contribution >= 0.6 is 0 Å². The van der Waals surface area contributed by atoms with E-state index in [1.54, 1.807) is 4.68 Å². The molecule has 4 aromatic rings. The largest absolute Gasteiger partial charge is 0.488 e. The van der Waals surface area contributed by atoms with E-state index in [0.717, 1.165) is 41.2 Å². The number of morpholine rings is 1. The number of aromatic carboxylic acids is 1. The van der Waals surface area contributed by atoms with E-state index in [0.29, 0.717) is 45.1 Å².